The summed E-state index contributed by atoms with van der Waals surface area (Å²) in [5, 5.41) is 3.01. The zero-order valence-corrected chi connectivity index (χ0v) is 10.7. The van der Waals surface area contributed by atoms with Gasteiger partial charge in [-0.05, 0) is 44.4 Å². The first-order chi connectivity index (χ1) is 8.19. The van der Waals surface area contributed by atoms with Crippen molar-refractivity contribution in [1.29, 1.82) is 0 Å². The van der Waals surface area contributed by atoms with E-state index < -0.39 is 0 Å². The Kier molecular flexibility index (Phi) is 5.70. The van der Waals surface area contributed by atoms with Crippen molar-refractivity contribution in [2.75, 3.05) is 6.54 Å². The summed E-state index contributed by atoms with van der Waals surface area (Å²) in [6.45, 7) is 4.75. The molecule has 3 N–H and O–H groups in total. The minimum absolute atomic E-state index is 0.0203. The molecule has 94 valence electrons. The van der Waals surface area contributed by atoms with E-state index in [0.717, 1.165) is 30.4 Å². The van der Waals surface area contributed by atoms with Gasteiger partial charge in [-0.2, -0.15) is 0 Å². The summed E-state index contributed by atoms with van der Waals surface area (Å²) in [4.78, 5) is 12.1. The highest BCUT2D eigenvalue weighted by atomic mass is 16.1. The zero-order chi connectivity index (χ0) is 12.7. The first kappa shape index (κ1) is 13.7. The van der Waals surface area contributed by atoms with Gasteiger partial charge in [0.15, 0.2) is 0 Å². The van der Waals surface area contributed by atoms with Crippen LogP contribution in [0.15, 0.2) is 24.3 Å². The largest absolute Gasteiger partial charge is 0.350 e. The molecule has 0 heterocycles. The maximum atomic E-state index is 12.1. The van der Waals surface area contributed by atoms with Crippen LogP contribution >= 0.6 is 0 Å². The number of rotatable bonds is 6. The molecule has 1 atom stereocenters. The summed E-state index contributed by atoms with van der Waals surface area (Å²) in [6, 6.07) is 7.92. The molecule has 3 heteroatoms. The lowest BCUT2D eigenvalue weighted by Crippen LogP contribution is -2.33. The first-order valence-corrected chi connectivity index (χ1v) is 6.27. The fourth-order valence-corrected chi connectivity index (χ4v) is 1.85. The monoisotopic (exact) mass is 234 g/mol. The van der Waals surface area contributed by atoms with Crippen molar-refractivity contribution in [2.24, 2.45) is 5.73 Å². The molecule has 0 aromatic heterocycles. The summed E-state index contributed by atoms with van der Waals surface area (Å²) in [6.07, 6.45) is 2.74. The highest BCUT2D eigenvalue weighted by Crippen LogP contribution is 2.10. The third-order valence-electron chi connectivity index (χ3n) is 2.86. The molecule has 1 unspecified atom stereocenters. The lowest BCUT2D eigenvalue weighted by Gasteiger charge is -2.14. The van der Waals surface area contributed by atoms with Crippen LogP contribution in [0.5, 0.6) is 0 Å². The van der Waals surface area contributed by atoms with E-state index in [-0.39, 0.29) is 11.9 Å². The van der Waals surface area contributed by atoms with Gasteiger partial charge in [-0.1, -0.05) is 25.1 Å². The molecule has 1 amide bonds. The molecule has 0 radical (unpaired) electrons. The predicted molar refractivity (Wildman–Crippen MR) is 71.0 cm³/mol. The summed E-state index contributed by atoms with van der Waals surface area (Å²) in [7, 11) is 0. The number of carbonyl (C=O) groups is 1. The van der Waals surface area contributed by atoms with Gasteiger partial charge in [0.2, 0.25) is 0 Å². The molecule has 0 aliphatic rings. The van der Waals surface area contributed by atoms with Crippen LogP contribution in [0.3, 0.4) is 0 Å². The maximum absolute atomic E-state index is 12.1. The number of carbonyl (C=O) groups excluding carboxylic acids is 1. The molecular formula is C14H22N2O. The van der Waals surface area contributed by atoms with Crippen molar-refractivity contribution >= 4 is 5.91 Å². The van der Waals surface area contributed by atoms with Gasteiger partial charge in [0.25, 0.3) is 5.91 Å². The standard InChI is InChI=1S/C14H22N2O/c1-3-12-8-4-5-9-13(12)14(17)16-11(2)7-6-10-15/h4-5,8-9,11H,3,6-7,10,15H2,1-2H3,(H,16,17). The number of hydrogen-bond donors (Lipinski definition) is 2. The van der Waals surface area contributed by atoms with E-state index in [1.54, 1.807) is 0 Å². The summed E-state index contributed by atoms with van der Waals surface area (Å²) in [5.41, 5.74) is 7.33. The second kappa shape index (κ2) is 7.07. The van der Waals surface area contributed by atoms with E-state index in [4.69, 9.17) is 5.73 Å². The third-order valence-corrected chi connectivity index (χ3v) is 2.86. The van der Waals surface area contributed by atoms with E-state index in [9.17, 15) is 4.79 Å². The van der Waals surface area contributed by atoms with Crippen LogP contribution in [0.25, 0.3) is 0 Å². The molecule has 3 nitrogen and oxygen atoms in total. The Balaban J connectivity index is 2.63. The van der Waals surface area contributed by atoms with Crippen molar-refractivity contribution in [3.8, 4) is 0 Å². The van der Waals surface area contributed by atoms with Gasteiger partial charge in [-0.25, -0.2) is 0 Å². The Morgan fingerprint density at radius 3 is 2.76 bits per heavy atom. The van der Waals surface area contributed by atoms with Crippen LogP contribution in [0.4, 0.5) is 0 Å². The molecule has 0 spiro atoms. The lowest BCUT2D eigenvalue weighted by atomic mass is 10.0. The molecule has 1 rings (SSSR count). The molecule has 0 aliphatic heterocycles. The fourth-order valence-electron chi connectivity index (χ4n) is 1.85. The number of hydrogen-bond acceptors (Lipinski definition) is 2. The number of aryl methyl sites for hydroxylation is 1. The highest BCUT2D eigenvalue weighted by Gasteiger charge is 2.11. The van der Waals surface area contributed by atoms with Crippen molar-refractivity contribution in [2.45, 2.75) is 39.2 Å². The molecule has 17 heavy (non-hydrogen) atoms. The minimum Gasteiger partial charge on any atom is -0.350 e. The highest BCUT2D eigenvalue weighted by molar-refractivity contribution is 5.95. The second-order valence-corrected chi connectivity index (χ2v) is 4.32. The van der Waals surface area contributed by atoms with Crippen molar-refractivity contribution in [3.63, 3.8) is 0 Å². The molecule has 1 aromatic carbocycles. The average molecular weight is 234 g/mol. The predicted octanol–water partition coefficient (Wildman–Crippen LogP) is 2.11. The summed E-state index contributed by atoms with van der Waals surface area (Å²) in [5.74, 6) is 0.0203. The average Bonchev–Trinajstić information content (AvgIpc) is 2.36. The second-order valence-electron chi connectivity index (χ2n) is 4.32. The zero-order valence-electron chi connectivity index (χ0n) is 10.7. The van der Waals surface area contributed by atoms with Crippen molar-refractivity contribution in [1.82, 2.24) is 5.32 Å². The Morgan fingerprint density at radius 2 is 2.12 bits per heavy atom. The topological polar surface area (TPSA) is 55.1 Å². The van der Waals surface area contributed by atoms with Gasteiger partial charge in [0.05, 0.1) is 0 Å². The lowest BCUT2D eigenvalue weighted by molar-refractivity contribution is 0.0937. The van der Waals surface area contributed by atoms with E-state index in [0.29, 0.717) is 6.54 Å². The molecular weight excluding hydrogens is 212 g/mol. The van der Waals surface area contributed by atoms with Gasteiger partial charge in [0, 0.05) is 11.6 Å². The maximum Gasteiger partial charge on any atom is 0.251 e. The van der Waals surface area contributed by atoms with Gasteiger partial charge in [-0.3, -0.25) is 4.79 Å². The Morgan fingerprint density at radius 1 is 1.41 bits per heavy atom. The van der Waals surface area contributed by atoms with Crippen molar-refractivity contribution < 1.29 is 4.79 Å². The van der Waals surface area contributed by atoms with Crippen LogP contribution in [0, 0.1) is 0 Å². The quantitative estimate of drug-likeness (QED) is 0.792. The number of nitrogens with two attached hydrogens (primary N) is 1. The van der Waals surface area contributed by atoms with E-state index >= 15 is 0 Å². The van der Waals surface area contributed by atoms with E-state index in [1.165, 1.54) is 0 Å². The third kappa shape index (κ3) is 4.19. The Hall–Kier alpha value is -1.35. The van der Waals surface area contributed by atoms with Crippen LogP contribution in [0.1, 0.15) is 42.6 Å². The number of benzene rings is 1. The Bertz CT molecular complexity index is 363. The van der Waals surface area contributed by atoms with Gasteiger partial charge >= 0.3 is 0 Å². The molecule has 1 aromatic rings. The molecule has 0 saturated heterocycles. The van der Waals surface area contributed by atoms with Crippen LogP contribution in [-0.4, -0.2) is 18.5 Å². The smallest absolute Gasteiger partial charge is 0.251 e. The number of nitrogens with one attached hydrogen (secondary N) is 1. The van der Waals surface area contributed by atoms with Gasteiger partial charge in [0.1, 0.15) is 0 Å². The molecule has 0 fully saturated rings. The minimum atomic E-state index is 0.0203. The van der Waals surface area contributed by atoms with Crippen LogP contribution in [0.2, 0.25) is 0 Å². The SMILES string of the molecule is CCc1ccccc1C(=O)NC(C)CCCN. The van der Waals surface area contributed by atoms with Crippen LogP contribution in [-0.2, 0) is 6.42 Å². The Labute approximate surface area is 103 Å². The normalized spacial score (nSPS) is 12.2. The van der Waals surface area contributed by atoms with Crippen LogP contribution < -0.4 is 11.1 Å². The molecule has 0 aliphatic carbocycles. The molecule has 0 saturated carbocycles. The van der Waals surface area contributed by atoms with Crippen molar-refractivity contribution in [3.05, 3.63) is 35.4 Å². The van der Waals surface area contributed by atoms with Gasteiger partial charge in [-0.15, -0.1) is 0 Å². The van der Waals surface area contributed by atoms with E-state index in [1.807, 2.05) is 31.2 Å². The summed E-state index contributed by atoms with van der Waals surface area (Å²) < 4.78 is 0. The summed E-state index contributed by atoms with van der Waals surface area (Å²) >= 11 is 0. The first-order valence-electron chi connectivity index (χ1n) is 6.27. The molecule has 0 bridgehead atoms. The number of amides is 1. The fraction of sp³-hybridized carbons (Fsp3) is 0.500. The van der Waals surface area contributed by atoms with Gasteiger partial charge < -0.3 is 11.1 Å². The van der Waals surface area contributed by atoms with E-state index in [2.05, 4.69) is 12.2 Å².